The fraction of sp³-hybridized carbons (Fsp3) is 0.286. The van der Waals surface area contributed by atoms with E-state index in [1.54, 1.807) is 0 Å². The second-order valence-corrected chi connectivity index (χ2v) is 11.3. The molecule has 3 aromatic rings. The molecule has 150 valence electrons. The highest BCUT2D eigenvalue weighted by molar-refractivity contribution is 7.95. The van der Waals surface area contributed by atoms with Crippen LogP contribution in [0.25, 0.3) is 0 Å². The van der Waals surface area contributed by atoms with Crippen LogP contribution in [-0.4, -0.2) is 6.16 Å². The summed E-state index contributed by atoms with van der Waals surface area (Å²) in [5.74, 6) is 0. The molecule has 0 atom stereocenters. The second-order valence-electron chi connectivity index (χ2n) is 7.65. The van der Waals surface area contributed by atoms with E-state index in [1.807, 2.05) is 0 Å². The summed E-state index contributed by atoms with van der Waals surface area (Å²) in [5, 5.41) is 4.47. The van der Waals surface area contributed by atoms with Crippen molar-refractivity contribution in [3.63, 3.8) is 0 Å². The Morgan fingerprint density at radius 3 is 1.38 bits per heavy atom. The first kappa shape index (κ1) is 21.5. The van der Waals surface area contributed by atoms with Gasteiger partial charge in [0.05, 0.1) is 6.16 Å². The summed E-state index contributed by atoms with van der Waals surface area (Å²) in [6.07, 6.45) is 13.6. The molecular weight excluding hydrogens is 367 g/mol. The van der Waals surface area contributed by atoms with Crippen molar-refractivity contribution in [1.82, 2.24) is 0 Å². The molecule has 0 spiro atoms. The monoisotopic (exact) mass is 401 g/mol. The topological polar surface area (TPSA) is 0 Å². The largest absolute Gasteiger partial charge is 0.112 e. The van der Waals surface area contributed by atoms with E-state index in [-0.39, 0.29) is 0 Å². The Kier molecular flexibility index (Phi) is 8.72. The predicted molar refractivity (Wildman–Crippen MR) is 133 cm³/mol. The van der Waals surface area contributed by atoms with Crippen LogP contribution < -0.4 is 15.9 Å². The van der Waals surface area contributed by atoms with Gasteiger partial charge in [0.1, 0.15) is 23.2 Å². The Morgan fingerprint density at radius 1 is 0.552 bits per heavy atom. The van der Waals surface area contributed by atoms with Crippen LogP contribution >= 0.6 is 7.26 Å². The Balaban J connectivity index is 1.89. The molecule has 0 unspecified atom stereocenters. The standard InChI is InChI=1S/C28H34P/c1-2-3-4-5-6-7-8-18-25-29(26-19-12-9-13-20-26,27-21-14-10-15-22-27)28-23-16-11-17-24-28/h6-7,9-17,19-24H,2-5,8,18,25H2,1H3/q+1/b7-6-. The molecule has 0 heterocycles. The maximum absolute atomic E-state index is 2.41. The van der Waals surface area contributed by atoms with E-state index in [0.717, 1.165) is 0 Å². The molecule has 0 aromatic heterocycles. The van der Waals surface area contributed by atoms with Crippen LogP contribution in [0.15, 0.2) is 103 Å². The summed E-state index contributed by atoms with van der Waals surface area (Å²) in [6.45, 7) is 2.27. The van der Waals surface area contributed by atoms with Crippen LogP contribution in [0.5, 0.6) is 0 Å². The molecule has 3 rings (SSSR count). The molecule has 0 saturated heterocycles. The van der Waals surface area contributed by atoms with Crippen LogP contribution in [0, 0.1) is 0 Å². The molecule has 3 aromatic carbocycles. The number of rotatable bonds is 11. The third-order valence-electron chi connectivity index (χ3n) is 5.60. The molecule has 0 nitrogen and oxygen atoms in total. The molecule has 0 saturated carbocycles. The minimum atomic E-state index is -1.65. The van der Waals surface area contributed by atoms with E-state index in [0.29, 0.717) is 0 Å². The lowest BCUT2D eigenvalue weighted by atomic mass is 10.2. The fourth-order valence-electron chi connectivity index (χ4n) is 4.08. The first-order chi connectivity index (χ1) is 14.4. The Labute approximate surface area is 178 Å². The van der Waals surface area contributed by atoms with E-state index >= 15 is 0 Å². The second kappa shape index (κ2) is 11.7. The van der Waals surface area contributed by atoms with Crippen molar-refractivity contribution in [1.29, 1.82) is 0 Å². The van der Waals surface area contributed by atoms with Crippen LogP contribution in [0.2, 0.25) is 0 Å². The van der Waals surface area contributed by atoms with Crippen molar-refractivity contribution >= 4 is 23.2 Å². The van der Waals surface area contributed by atoms with Gasteiger partial charge < -0.3 is 0 Å². The number of hydrogen-bond acceptors (Lipinski definition) is 0. The number of benzene rings is 3. The van der Waals surface area contributed by atoms with Gasteiger partial charge in [-0.15, -0.1) is 0 Å². The first-order valence-electron chi connectivity index (χ1n) is 11.1. The maximum Gasteiger partial charge on any atom is 0.112 e. The van der Waals surface area contributed by atoms with E-state index in [9.17, 15) is 0 Å². The summed E-state index contributed by atoms with van der Waals surface area (Å²) in [5.41, 5.74) is 0. The number of allylic oxidation sites excluding steroid dienone is 2. The summed E-state index contributed by atoms with van der Waals surface area (Å²) in [4.78, 5) is 0. The molecule has 0 amide bonds. The van der Waals surface area contributed by atoms with Gasteiger partial charge >= 0.3 is 0 Å². The average Bonchev–Trinajstić information content (AvgIpc) is 2.80. The summed E-state index contributed by atoms with van der Waals surface area (Å²) < 4.78 is 0. The smallest absolute Gasteiger partial charge is 0.0885 e. The lowest BCUT2D eigenvalue weighted by molar-refractivity contribution is 0.727. The van der Waals surface area contributed by atoms with Gasteiger partial charge in [0.15, 0.2) is 0 Å². The van der Waals surface area contributed by atoms with Crippen LogP contribution in [-0.2, 0) is 0 Å². The van der Waals surface area contributed by atoms with Crippen molar-refractivity contribution in [3.05, 3.63) is 103 Å². The van der Waals surface area contributed by atoms with E-state index < -0.39 is 7.26 Å². The zero-order valence-corrected chi connectivity index (χ0v) is 18.6. The van der Waals surface area contributed by atoms with Crippen molar-refractivity contribution in [3.8, 4) is 0 Å². The van der Waals surface area contributed by atoms with Crippen LogP contribution in [0.4, 0.5) is 0 Å². The van der Waals surface area contributed by atoms with Gasteiger partial charge in [0.25, 0.3) is 0 Å². The zero-order valence-electron chi connectivity index (χ0n) is 17.7. The molecular formula is C28H34P+. The molecule has 0 aliphatic rings. The van der Waals surface area contributed by atoms with Gasteiger partial charge in [0, 0.05) is 0 Å². The van der Waals surface area contributed by atoms with Crippen molar-refractivity contribution < 1.29 is 0 Å². The predicted octanol–water partition coefficient (Wildman–Crippen LogP) is 6.90. The molecule has 0 fully saturated rings. The van der Waals surface area contributed by atoms with Gasteiger partial charge in [-0.3, -0.25) is 0 Å². The molecule has 0 aliphatic heterocycles. The normalized spacial score (nSPS) is 11.8. The SMILES string of the molecule is CCCCC/C=C\CCC[P+](c1ccccc1)(c1ccccc1)c1ccccc1. The Hall–Kier alpha value is -2.17. The summed E-state index contributed by atoms with van der Waals surface area (Å²) >= 11 is 0. The van der Waals surface area contributed by atoms with E-state index in [4.69, 9.17) is 0 Å². The Bertz CT molecular complexity index is 741. The number of hydrogen-bond donors (Lipinski definition) is 0. The third-order valence-corrected chi connectivity index (χ3v) is 10.1. The quantitative estimate of drug-likeness (QED) is 0.186. The van der Waals surface area contributed by atoms with Crippen molar-refractivity contribution in [2.24, 2.45) is 0 Å². The first-order valence-corrected chi connectivity index (χ1v) is 13.1. The van der Waals surface area contributed by atoms with Crippen molar-refractivity contribution in [2.75, 3.05) is 6.16 Å². The van der Waals surface area contributed by atoms with E-state index in [1.165, 1.54) is 60.6 Å². The van der Waals surface area contributed by atoms with Gasteiger partial charge in [-0.2, -0.15) is 0 Å². The molecule has 0 radical (unpaired) electrons. The fourth-order valence-corrected chi connectivity index (χ4v) is 8.45. The third kappa shape index (κ3) is 5.68. The van der Waals surface area contributed by atoms with Crippen LogP contribution in [0.1, 0.15) is 45.4 Å². The Morgan fingerprint density at radius 2 is 0.966 bits per heavy atom. The minimum absolute atomic E-state index is 1.17. The highest BCUT2D eigenvalue weighted by atomic mass is 31.2. The van der Waals surface area contributed by atoms with E-state index in [2.05, 4.69) is 110 Å². The number of unbranched alkanes of at least 4 members (excludes halogenated alkanes) is 4. The van der Waals surface area contributed by atoms with Gasteiger partial charge in [-0.25, -0.2) is 0 Å². The molecule has 29 heavy (non-hydrogen) atoms. The van der Waals surface area contributed by atoms with Crippen molar-refractivity contribution in [2.45, 2.75) is 45.4 Å². The summed E-state index contributed by atoms with van der Waals surface area (Å²) in [6, 6.07) is 33.6. The minimum Gasteiger partial charge on any atom is -0.0885 e. The highest BCUT2D eigenvalue weighted by Gasteiger charge is 2.44. The lowest BCUT2D eigenvalue weighted by Gasteiger charge is -2.27. The van der Waals surface area contributed by atoms with Gasteiger partial charge in [0.2, 0.25) is 0 Å². The maximum atomic E-state index is 2.41. The molecule has 0 N–H and O–H groups in total. The molecule has 0 bridgehead atoms. The zero-order chi connectivity index (χ0) is 20.2. The van der Waals surface area contributed by atoms with Gasteiger partial charge in [-0.1, -0.05) is 86.5 Å². The average molecular weight is 402 g/mol. The molecule has 0 aliphatic carbocycles. The highest BCUT2D eigenvalue weighted by Crippen LogP contribution is 2.55. The summed E-state index contributed by atoms with van der Waals surface area (Å²) in [7, 11) is -1.65. The van der Waals surface area contributed by atoms with Crippen LogP contribution in [0.3, 0.4) is 0 Å². The van der Waals surface area contributed by atoms with Gasteiger partial charge in [-0.05, 0) is 62.1 Å². The lowest BCUT2D eigenvalue weighted by Crippen LogP contribution is -2.33. The molecule has 1 heteroatoms.